The summed E-state index contributed by atoms with van der Waals surface area (Å²) in [7, 11) is 0. The number of aromatic nitrogens is 1. The van der Waals surface area contributed by atoms with E-state index in [9.17, 15) is 4.79 Å². The van der Waals surface area contributed by atoms with Crippen molar-refractivity contribution in [2.45, 2.75) is 25.5 Å². The Balaban J connectivity index is 1.34. The highest BCUT2D eigenvalue weighted by Crippen LogP contribution is 2.23. The van der Waals surface area contributed by atoms with Crippen molar-refractivity contribution < 1.29 is 14.3 Å². The first-order chi connectivity index (χ1) is 13.3. The van der Waals surface area contributed by atoms with Gasteiger partial charge in [-0.05, 0) is 42.7 Å². The average Bonchev–Trinajstić information content (AvgIpc) is 3.20. The third-order valence-electron chi connectivity index (χ3n) is 4.83. The number of pyridine rings is 1. The number of benzene rings is 2. The van der Waals surface area contributed by atoms with Gasteiger partial charge in [-0.3, -0.25) is 4.98 Å². The van der Waals surface area contributed by atoms with Gasteiger partial charge < -0.3 is 14.4 Å². The summed E-state index contributed by atoms with van der Waals surface area (Å²) in [5.41, 5.74) is 1.93. The van der Waals surface area contributed by atoms with Crippen LogP contribution in [0.2, 0.25) is 0 Å². The van der Waals surface area contributed by atoms with Gasteiger partial charge in [0.25, 0.3) is 0 Å². The molecule has 5 nitrogen and oxygen atoms in total. The van der Waals surface area contributed by atoms with Crippen LogP contribution in [0.3, 0.4) is 0 Å². The van der Waals surface area contributed by atoms with Gasteiger partial charge in [0.1, 0.15) is 19.0 Å². The summed E-state index contributed by atoms with van der Waals surface area (Å²) in [5, 5.41) is 1.04. The van der Waals surface area contributed by atoms with E-state index in [2.05, 4.69) is 4.98 Å². The lowest BCUT2D eigenvalue weighted by molar-refractivity contribution is 0.0824. The van der Waals surface area contributed by atoms with E-state index in [0.29, 0.717) is 19.8 Å². The fourth-order valence-corrected chi connectivity index (χ4v) is 3.39. The lowest BCUT2D eigenvalue weighted by Gasteiger charge is -2.24. The lowest BCUT2D eigenvalue weighted by atomic mass is 10.2. The minimum absolute atomic E-state index is 0.0397. The number of amides is 1. The van der Waals surface area contributed by atoms with Gasteiger partial charge in [0.05, 0.1) is 11.6 Å². The Kier molecular flexibility index (Phi) is 5.19. The Labute approximate surface area is 158 Å². The molecule has 1 aliphatic heterocycles. The Morgan fingerprint density at radius 2 is 2.00 bits per heavy atom. The van der Waals surface area contributed by atoms with Crippen molar-refractivity contribution in [3.63, 3.8) is 0 Å². The second-order valence-corrected chi connectivity index (χ2v) is 6.70. The van der Waals surface area contributed by atoms with E-state index in [1.54, 1.807) is 11.1 Å². The van der Waals surface area contributed by atoms with Gasteiger partial charge >= 0.3 is 6.09 Å². The van der Waals surface area contributed by atoms with Gasteiger partial charge in [0, 0.05) is 18.1 Å². The third kappa shape index (κ3) is 4.19. The maximum atomic E-state index is 12.5. The second-order valence-electron chi connectivity index (χ2n) is 6.70. The van der Waals surface area contributed by atoms with Gasteiger partial charge in [-0.15, -0.1) is 0 Å². The van der Waals surface area contributed by atoms with E-state index in [-0.39, 0.29) is 12.1 Å². The van der Waals surface area contributed by atoms with Crippen LogP contribution in [0.25, 0.3) is 10.9 Å². The van der Waals surface area contributed by atoms with E-state index in [1.807, 2.05) is 60.7 Å². The molecule has 0 bridgehead atoms. The van der Waals surface area contributed by atoms with E-state index < -0.39 is 0 Å². The maximum absolute atomic E-state index is 12.5. The smallest absolute Gasteiger partial charge is 0.410 e. The molecule has 0 spiro atoms. The van der Waals surface area contributed by atoms with Crippen LogP contribution >= 0.6 is 0 Å². The fraction of sp³-hybridized carbons (Fsp3) is 0.273. The molecule has 0 N–H and O–H groups in total. The van der Waals surface area contributed by atoms with Gasteiger partial charge in [0.2, 0.25) is 0 Å². The molecule has 0 unspecified atom stereocenters. The van der Waals surface area contributed by atoms with E-state index in [4.69, 9.17) is 9.47 Å². The molecule has 4 rings (SSSR count). The van der Waals surface area contributed by atoms with E-state index in [0.717, 1.165) is 35.1 Å². The van der Waals surface area contributed by atoms with Crippen LogP contribution in [-0.4, -0.2) is 35.2 Å². The zero-order chi connectivity index (χ0) is 18.5. The van der Waals surface area contributed by atoms with Crippen molar-refractivity contribution in [2.75, 3.05) is 13.2 Å². The SMILES string of the molecule is O=C(OCc1ccccc1)N1CCC[C@@H]1COc1ccc2ncccc2c1. The van der Waals surface area contributed by atoms with Crippen LogP contribution in [0.15, 0.2) is 66.9 Å². The molecule has 2 heterocycles. The summed E-state index contributed by atoms with van der Waals surface area (Å²) >= 11 is 0. The minimum atomic E-state index is -0.271. The molecule has 0 saturated carbocycles. The first kappa shape index (κ1) is 17.3. The van der Waals surface area contributed by atoms with Gasteiger partial charge in [-0.25, -0.2) is 4.79 Å². The first-order valence-electron chi connectivity index (χ1n) is 9.24. The number of ether oxygens (including phenoxy) is 2. The number of rotatable bonds is 5. The van der Waals surface area contributed by atoms with Crippen LogP contribution in [0.5, 0.6) is 5.75 Å². The predicted molar refractivity (Wildman–Crippen MR) is 104 cm³/mol. The average molecular weight is 362 g/mol. The molecule has 0 aliphatic carbocycles. The Bertz CT molecular complexity index is 914. The Morgan fingerprint density at radius 1 is 1.11 bits per heavy atom. The number of likely N-dealkylation sites (tertiary alicyclic amines) is 1. The zero-order valence-electron chi connectivity index (χ0n) is 15.1. The monoisotopic (exact) mass is 362 g/mol. The molecule has 1 aromatic heterocycles. The molecule has 2 aromatic carbocycles. The van der Waals surface area contributed by atoms with Crippen LogP contribution < -0.4 is 4.74 Å². The van der Waals surface area contributed by atoms with Crippen molar-refractivity contribution in [1.82, 2.24) is 9.88 Å². The van der Waals surface area contributed by atoms with Crippen LogP contribution in [0.4, 0.5) is 4.79 Å². The summed E-state index contributed by atoms with van der Waals surface area (Å²) in [5.74, 6) is 0.792. The predicted octanol–water partition coefficient (Wildman–Crippen LogP) is 4.41. The number of carbonyl (C=O) groups excluding carboxylic acids is 1. The number of hydrogen-bond donors (Lipinski definition) is 0. The van der Waals surface area contributed by atoms with E-state index in [1.165, 1.54) is 0 Å². The fourth-order valence-electron chi connectivity index (χ4n) is 3.39. The standard InChI is InChI=1S/C22H22N2O3/c25-22(27-15-17-6-2-1-3-7-17)24-13-5-9-19(24)16-26-20-10-11-21-18(14-20)8-4-12-23-21/h1-4,6-8,10-12,14,19H,5,9,13,15-16H2/t19-/m1/s1. The van der Waals surface area contributed by atoms with Gasteiger partial charge in [-0.2, -0.15) is 0 Å². The molecule has 138 valence electrons. The molecule has 5 heteroatoms. The highest BCUT2D eigenvalue weighted by Gasteiger charge is 2.30. The van der Waals surface area contributed by atoms with Crippen molar-refractivity contribution in [3.8, 4) is 5.75 Å². The summed E-state index contributed by atoms with van der Waals surface area (Å²) in [6.07, 6.45) is 3.40. The second kappa shape index (κ2) is 8.08. The largest absolute Gasteiger partial charge is 0.491 e. The zero-order valence-corrected chi connectivity index (χ0v) is 15.1. The molecule has 1 fully saturated rings. The molecule has 1 aliphatic rings. The molecular weight excluding hydrogens is 340 g/mol. The highest BCUT2D eigenvalue weighted by atomic mass is 16.6. The van der Waals surface area contributed by atoms with Gasteiger partial charge in [-0.1, -0.05) is 36.4 Å². The first-order valence-corrected chi connectivity index (χ1v) is 9.24. The molecule has 27 heavy (non-hydrogen) atoms. The molecular formula is C22H22N2O3. The normalized spacial score (nSPS) is 16.4. The molecule has 0 radical (unpaired) electrons. The molecule has 3 aromatic rings. The van der Waals surface area contributed by atoms with Gasteiger partial charge in [0.15, 0.2) is 0 Å². The van der Waals surface area contributed by atoms with Crippen molar-refractivity contribution >= 4 is 17.0 Å². The van der Waals surface area contributed by atoms with Crippen LogP contribution in [0, 0.1) is 0 Å². The molecule has 1 saturated heterocycles. The number of fused-ring (bicyclic) bond motifs is 1. The number of carbonyl (C=O) groups is 1. The maximum Gasteiger partial charge on any atom is 0.410 e. The van der Waals surface area contributed by atoms with Crippen molar-refractivity contribution in [1.29, 1.82) is 0 Å². The highest BCUT2D eigenvalue weighted by molar-refractivity contribution is 5.79. The number of hydrogen-bond acceptors (Lipinski definition) is 4. The summed E-state index contributed by atoms with van der Waals surface area (Å²) < 4.78 is 11.4. The quantitative estimate of drug-likeness (QED) is 0.674. The van der Waals surface area contributed by atoms with E-state index >= 15 is 0 Å². The topological polar surface area (TPSA) is 51.7 Å². The Morgan fingerprint density at radius 3 is 2.89 bits per heavy atom. The minimum Gasteiger partial charge on any atom is -0.491 e. The van der Waals surface area contributed by atoms with Crippen molar-refractivity contribution in [2.24, 2.45) is 0 Å². The summed E-state index contributed by atoms with van der Waals surface area (Å²) in [6.45, 7) is 1.47. The van der Waals surface area contributed by atoms with Crippen molar-refractivity contribution in [3.05, 3.63) is 72.4 Å². The number of nitrogens with zero attached hydrogens (tertiary/aromatic N) is 2. The molecule has 1 atom stereocenters. The Hall–Kier alpha value is -3.08. The lowest BCUT2D eigenvalue weighted by Crippen LogP contribution is -2.39. The van der Waals surface area contributed by atoms with Crippen LogP contribution in [0.1, 0.15) is 18.4 Å². The molecule has 1 amide bonds. The van der Waals surface area contributed by atoms with Crippen LogP contribution in [-0.2, 0) is 11.3 Å². The summed E-state index contributed by atoms with van der Waals surface area (Å²) in [4.78, 5) is 18.6. The summed E-state index contributed by atoms with van der Waals surface area (Å²) in [6, 6.07) is 19.5. The third-order valence-corrected chi connectivity index (χ3v) is 4.83.